The van der Waals surface area contributed by atoms with E-state index in [2.05, 4.69) is 11.6 Å². The lowest BCUT2D eigenvalue weighted by Gasteiger charge is -2.08. The lowest BCUT2D eigenvalue weighted by Crippen LogP contribution is -2.14. The van der Waals surface area contributed by atoms with Crippen LogP contribution in [0.2, 0.25) is 10.0 Å². The Hall–Kier alpha value is -2.41. The minimum Gasteiger partial charge on any atom is -0.313 e. The van der Waals surface area contributed by atoms with Crippen molar-refractivity contribution in [2.45, 2.75) is 6.54 Å². The van der Waals surface area contributed by atoms with Gasteiger partial charge in [0.1, 0.15) is 0 Å². The van der Waals surface area contributed by atoms with Gasteiger partial charge in [0, 0.05) is 34.6 Å². The maximum Gasteiger partial charge on any atom is 0.271 e. The van der Waals surface area contributed by atoms with Crippen LogP contribution in [0, 0.1) is 10.1 Å². The fraction of sp³-hybridized carbons (Fsp3) is 0.0556. The first-order chi connectivity index (χ1) is 12.5. The monoisotopic (exact) mass is 405 g/mol. The summed E-state index contributed by atoms with van der Waals surface area (Å²) >= 11 is 13.7. The number of nitro benzene ring substituents is 1. The summed E-state index contributed by atoms with van der Waals surface area (Å²) in [6.07, 6.45) is 1.76. The van der Waals surface area contributed by atoms with E-state index in [0.29, 0.717) is 27.1 Å². The van der Waals surface area contributed by atoms with Crippen molar-refractivity contribution in [1.82, 2.24) is 4.57 Å². The Balaban J connectivity index is 2.14. The van der Waals surface area contributed by atoms with Crippen molar-refractivity contribution in [3.05, 3.63) is 85.5 Å². The first-order valence-corrected chi connectivity index (χ1v) is 9.17. The van der Waals surface area contributed by atoms with Crippen molar-refractivity contribution in [2.75, 3.05) is 0 Å². The molecule has 0 bridgehead atoms. The zero-order valence-corrected chi connectivity index (χ0v) is 15.8. The van der Waals surface area contributed by atoms with E-state index in [0.717, 1.165) is 11.3 Å². The molecule has 0 spiro atoms. The van der Waals surface area contributed by atoms with Gasteiger partial charge in [0.2, 0.25) is 0 Å². The molecule has 0 amide bonds. The highest BCUT2D eigenvalue weighted by Crippen LogP contribution is 2.31. The fourth-order valence-corrected chi connectivity index (χ4v) is 3.86. The highest BCUT2D eigenvalue weighted by atomic mass is 35.5. The lowest BCUT2D eigenvalue weighted by atomic mass is 10.1. The number of benzene rings is 2. The summed E-state index contributed by atoms with van der Waals surface area (Å²) in [5.74, 6) is 0. The Kier molecular flexibility index (Phi) is 5.56. The zero-order valence-electron chi connectivity index (χ0n) is 13.4. The summed E-state index contributed by atoms with van der Waals surface area (Å²) in [6.45, 7) is 4.31. The number of rotatable bonds is 5. The molecule has 0 aliphatic heterocycles. The average Bonchev–Trinajstić information content (AvgIpc) is 2.98. The van der Waals surface area contributed by atoms with E-state index in [1.165, 1.54) is 23.5 Å². The molecular formula is C18H13Cl2N3O2S. The van der Waals surface area contributed by atoms with Crippen LogP contribution in [0.1, 0.15) is 0 Å². The number of aromatic nitrogens is 1. The number of nitrogens with zero attached hydrogens (tertiary/aromatic N) is 3. The lowest BCUT2D eigenvalue weighted by molar-refractivity contribution is -0.384. The number of halogens is 2. The average molecular weight is 406 g/mol. The Labute approximate surface area is 163 Å². The number of nitro groups is 1. The van der Waals surface area contributed by atoms with Crippen molar-refractivity contribution in [2.24, 2.45) is 4.99 Å². The van der Waals surface area contributed by atoms with Crippen LogP contribution in [0.3, 0.4) is 0 Å². The van der Waals surface area contributed by atoms with Gasteiger partial charge in [-0.1, -0.05) is 35.3 Å². The van der Waals surface area contributed by atoms with Crippen molar-refractivity contribution in [3.8, 4) is 11.3 Å². The number of hydrogen-bond donors (Lipinski definition) is 0. The Morgan fingerprint density at radius 3 is 2.77 bits per heavy atom. The maximum absolute atomic E-state index is 11.0. The van der Waals surface area contributed by atoms with Gasteiger partial charge in [-0.3, -0.25) is 10.1 Å². The summed E-state index contributed by atoms with van der Waals surface area (Å²) < 4.78 is 1.95. The third-order valence-corrected chi connectivity index (χ3v) is 4.99. The third-order valence-electron chi connectivity index (χ3n) is 3.58. The van der Waals surface area contributed by atoms with Crippen molar-refractivity contribution in [3.63, 3.8) is 0 Å². The van der Waals surface area contributed by atoms with E-state index in [9.17, 15) is 10.1 Å². The van der Waals surface area contributed by atoms with Gasteiger partial charge in [-0.2, -0.15) is 0 Å². The maximum atomic E-state index is 11.0. The molecule has 0 aliphatic carbocycles. The van der Waals surface area contributed by atoms with E-state index < -0.39 is 4.92 Å². The summed E-state index contributed by atoms with van der Waals surface area (Å²) in [5, 5.41) is 14.0. The summed E-state index contributed by atoms with van der Waals surface area (Å²) in [7, 11) is 0. The van der Waals surface area contributed by atoms with Crippen molar-refractivity contribution in [1.29, 1.82) is 0 Å². The van der Waals surface area contributed by atoms with Crippen LogP contribution in [0.5, 0.6) is 0 Å². The summed E-state index contributed by atoms with van der Waals surface area (Å²) in [4.78, 5) is 15.8. The van der Waals surface area contributed by atoms with Gasteiger partial charge in [0.05, 0.1) is 21.3 Å². The molecule has 0 aliphatic rings. The molecule has 0 unspecified atom stereocenters. The number of allylic oxidation sites excluding steroid dienone is 1. The minimum atomic E-state index is -0.440. The van der Waals surface area contributed by atoms with Crippen LogP contribution < -0.4 is 4.80 Å². The quantitative estimate of drug-likeness (QED) is 0.303. The molecule has 2 aromatic carbocycles. The topological polar surface area (TPSA) is 60.4 Å². The van der Waals surface area contributed by atoms with Crippen LogP contribution in [0.25, 0.3) is 11.3 Å². The van der Waals surface area contributed by atoms with Crippen LogP contribution in [0.15, 0.2) is 65.5 Å². The van der Waals surface area contributed by atoms with Crippen molar-refractivity contribution < 1.29 is 4.92 Å². The van der Waals surface area contributed by atoms with E-state index in [-0.39, 0.29) is 5.69 Å². The Morgan fingerprint density at radius 1 is 1.27 bits per heavy atom. The molecule has 0 saturated heterocycles. The molecule has 3 aromatic rings. The van der Waals surface area contributed by atoms with Gasteiger partial charge in [0.25, 0.3) is 5.69 Å². The third kappa shape index (κ3) is 3.88. The smallest absolute Gasteiger partial charge is 0.271 e. The molecule has 0 radical (unpaired) electrons. The second-order valence-corrected chi connectivity index (χ2v) is 7.00. The molecule has 1 aromatic heterocycles. The van der Waals surface area contributed by atoms with Gasteiger partial charge in [-0.15, -0.1) is 17.9 Å². The first-order valence-electron chi connectivity index (χ1n) is 7.53. The second-order valence-electron chi connectivity index (χ2n) is 5.32. The highest BCUT2D eigenvalue weighted by Gasteiger charge is 2.12. The van der Waals surface area contributed by atoms with E-state index in [4.69, 9.17) is 23.2 Å². The molecular weight excluding hydrogens is 393 g/mol. The van der Waals surface area contributed by atoms with Gasteiger partial charge in [-0.05, 0) is 24.3 Å². The van der Waals surface area contributed by atoms with Crippen LogP contribution >= 0.6 is 34.5 Å². The second kappa shape index (κ2) is 7.86. The van der Waals surface area contributed by atoms with E-state index >= 15 is 0 Å². The highest BCUT2D eigenvalue weighted by molar-refractivity contribution is 7.07. The number of thiazole rings is 1. The van der Waals surface area contributed by atoms with Crippen LogP contribution in [-0.4, -0.2) is 9.49 Å². The molecule has 26 heavy (non-hydrogen) atoms. The SMILES string of the molecule is C=CCn1c(-c2ccc(Cl)cc2Cl)csc1=Nc1cccc([N+](=O)[O-])c1. The summed E-state index contributed by atoms with van der Waals surface area (Å²) in [6, 6.07) is 11.5. The standard InChI is InChI=1S/C18H13Cl2N3O2S/c1-2-8-22-17(15-7-6-12(19)9-16(15)20)11-26-18(22)21-13-4-3-5-14(10-13)23(24)25/h2-7,9-11H,1,8H2. The van der Waals surface area contributed by atoms with Crippen LogP contribution in [-0.2, 0) is 6.54 Å². The van der Waals surface area contributed by atoms with E-state index in [1.54, 1.807) is 30.3 Å². The van der Waals surface area contributed by atoms with Gasteiger partial charge < -0.3 is 4.57 Å². The number of hydrogen-bond acceptors (Lipinski definition) is 4. The molecule has 0 fully saturated rings. The van der Waals surface area contributed by atoms with Gasteiger partial charge in [0.15, 0.2) is 4.80 Å². The number of non-ortho nitro benzene ring substituents is 1. The minimum absolute atomic E-state index is 0.000883. The largest absolute Gasteiger partial charge is 0.313 e. The first kappa shape index (κ1) is 18.4. The Bertz CT molecular complexity index is 1060. The van der Waals surface area contributed by atoms with Crippen molar-refractivity contribution >= 4 is 45.9 Å². The molecule has 8 heteroatoms. The predicted octanol–water partition coefficient (Wildman–Crippen LogP) is 5.85. The molecule has 0 N–H and O–H groups in total. The molecule has 0 atom stereocenters. The van der Waals surface area contributed by atoms with Crippen LogP contribution in [0.4, 0.5) is 11.4 Å². The molecule has 3 rings (SSSR count). The molecule has 5 nitrogen and oxygen atoms in total. The predicted molar refractivity (Wildman–Crippen MR) is 106 cm³/mol. The molecule has 0 saturated carbocycles. The Morgan fingerprint density at radius 2 is 2.08 bits per heavy atom. The molecule has 1 heterocycles. The van der Waals surface area contributed by atoms with Gasteiger partial charge in [-0.25, -0.2) is 4.99 Å². The zero-order chi connectivity index (χ0) is 18.7. The van der Waals surface area contributed by atoms with Gasteiger partial charge >= 0.3 is 0 Å². The fourth-order valence-electron chi connectivity index (χ4n) is 2.42. The summed E-state index contributed by atoms with van der Waals surface area (Å²) in [5.41, 5.74) is 2.21. The van der Waals surface area contributed by atoms with E-state index in [1.807, 2.05) is 16.0 Å². The normalized spacial score (nSPS) is 11.5. The molecule has 132 valence electrons.